The van der Waals surface area contributed by atoms with E-state index in [1.165, 1.54) is 6.92 Å². The van der Waals surface area contributed by atoms with Crippen LogP contribution in [0, 0.1) is 0 Å². The van der Waals surface area contributed by atoms with Gasteiger partial charge < -0.3 is 9.47 Å². The molecule has 0 N–H and O–H groups in total. The molecule has 0 saturated heterocycles. The van der Waals surface area contributed by atoms with Crippen LogP contribution >= 0.6 is 0 Å². The van der Waals surface area contributed by atoms with Crippen molar-refractivity contribution in [3.63, 3.8) is 0 Å². The van der Waals surface area contributed by atoms with Crippen molar-refractivity contribution in [1.29, 1.82) is 0 Å². The first-order valence-electron chi connectivity index (χ1n) is 6.61. The summed E-state index contributed by atoms with van der Waals surface area (Å²) in [5.74, 6) is 0.441. The molecule has 0 fully saturated rings. The lowest BCUT2D eigenvalue weighted by atomic mass is 10.1. The number of carbonyl (C=O) groups excluding carboxylic acids is 2. The average molecular weight is 284 g/mol. The Bertz CT molecular complexity index is 590. The summed E-state index contributed by atoms with van der Waals surface area (Å²) >= 11 is 0. The maximum Gasteiger partial charge on any atom is 0.293 e. The number of ketones is 1. The summed E-state index contributed by atoms with van der Waals surface area (Å²) in [6.07, 6.45) is -0.779. The third kappa shape index (κ3) is 4.18. The van der Waals surface area contributed by atoms with E-state index in [0.717, 1.165) is 5.56 Å². The van der Waals surface area contributed by atoms with Crippen molar-refractivity contribution >= 4 is 12.3 Å². The second-order valence-electron chi connectivity index (χ2n) is 4.54. The Morgan fingerprint density at radius 2 is 1.76 bits per heavy atom. The largest absolute Gasteiger partial charge is 0.489 e. The van der Waals surface area contributed by atoms with Crippen molar-refractivity contribution in [2.24, 2.45) is 0 Å². The number of hydrogen-bond donors (Lipinski definition) is 0. The van der Waals surface area contributed by atoms with Gasteiger partial charge in [-0.1, -0.05) is 30.3 Å². The van der Waals surface area contributed by atoms with Gasteiger partial charge in [0, 0.05) is 5.56 Å². The molecular weight excluding hydrogens is 268 g/mol. The van der Waals surface area contributed by atoms with Crippen LogP contribution < -0.4 is 4.74 Å². The van der Waals surface area contributed by atoms with E-state index in [-0.39, 0.29) is 12.3 Å². The highest BCUT2D eigenvalue weighted by Gasteiger charge is 2.15. The molecule has 0 aliphatic heterocycles. The number of ether oxygens (including phenoxy) is 2. The van der Waals surface area contributed by atoms with Crippen LogP contribution in [0.4, 0.5) is 0 Å². The van der Waals surface area contributed by atoms with E-state index in [2.05, 4.69) is 4.74 Å². The van der Waals surface area contributed by atoms with Crippen LogP contribution in [0.5, 0.6) is 5.75 Å². The Hall–Kier alpha value is -2.62. The monoisotopic (exact) mass is 284 g/mol. The number of Topliss-reactive ketones (excluding diaryl/α,β-unsaturated/α-hetero) is 1. The lowest BCUT2D eigenvalue weighted by molar-refractivity contribution is -0.131. The number of hydrogen-bond acceptors (Lipinski definition) is 4. The molecule has 4 heteroatoms. The van der Waals surface area contributed by atoms with Crippen molar-refractivity contribution in [1.82, 2.24) is 0 Å². The zero-order valence-electron chi connectivity index (χ0n) is 11.7. The minimum Gasteiger partial charge on any atom is -0.489 e. The molecular formula is C17H16O4. The van der Waals surface area contributed by atoms with Gasteiger partial charge in [0.05, 0.1) is 0 Å². The zero-order chi connectivity index (χ0) is 15.1. The van der Waals surface area contributed by atoms with E-state index in [0.29, 0.717) is 17.9 Å². The second kappa shape index (κ2) is 7.24. The summed E-state index contributed by atoms with van der Waals surface area (Å²) in [5, 5.41) is 0. The molecule has 0 spiro atoms. The lowest BCUT2D eigenvalue weighted by Crippen LogP contribution is -2.20. The minimum atomic E-state index is -0.779. The maximum atomic E-state index is 11.9. The van der Waals surface area contributed by atoms with Crippen LogP contribution in [0.2, 0.25) is 0 Å². The van der Waals surface area contributed by atoms with Gasteiger partial charge in [-0.3, -0.25) is 9.59 Å². The standard InChI is InChI=1S/C17H16O4/c1-13(21-12-18)17(19)15-7-9-16(10-8-15)20-11-14-5-3-2-4-6-14/h2-10,12-13H,11H2,1H3. The van der Waals surface area contributed by atoms with Gasteiger partial charge in [0.1, 0.15) is 12.4 Å². The highest BCUT2D eigenvalue weighted by atomic mass is 16.5. The maximum absolute atomic E-state index is 11.9. The smallest absolute Gasteiger partial charge is 0.293 e. The van der Waals surface area contributed by atoms with E-state index in [4.69, 9.17) is 4.74 Å². The Morgan fingerprint density at radius 1 is 1.10 bits per heavy atom. The summed E-state index contributed by atoms with van der Waals surface area (Å²) in [6.45, 7) is 2.29. The highest BCUT2D eigenvalue weighted by Crippen LogP contribution is 2.15. The summed E-state index contributed by atoms with van der Waals surface area (Å²) in [5.41, 5.74) is 1.56. The van der Waals surface area contributed by atoms with Crippen molar-refractivity contribution in [3.8, 4) is 5.75 Å². The molecule has 2 rings (SSSR count). The van der Waals surface area contributed by atoms with Crippen molar-refractivity contribution < 1.29 is 19.1 Å². The molecule has 0 saturated carbocycles. The Balaban J connectivity index is 1.96. The summed E-state index contributed by atoms with van der Waals surface area (Å²) in [7, 11) is 0. The van der Waals surface area contributed by atoms with Crippen LogP contribution in [0.25, 0.3) is 0 Å². The van der Waals surface area contributed by atoms with Gasteiger partial charge in [-0.15, -0.1) is 0 Å². The Labute approximate surface area is 123 Å². The molecule has 0 aliphatic rings. The van der Waals surface area contributed by atoms with E-state index < -0.39 is 6.10 Å². The predicted molar refractivity (Wildman–Crippen MR) is 78.2 cm³/mol. The van der Waals surface area contributed by atoms with Gasteiger partial charge in [-0.25, -0.2) is 0 Å². The Morgan fingerprint density at radius 3 is 2.38 bits per heavy atom. The van der Waals surface area contributed by atoms with Gasteiger partial charge in [0.25, 0.3) is 6.47 Å². The fraction of sp³-hybridized carbons (Fsp3) is 0.176. The number of carbonyl (C=O) groups is 2. The van der Waals surface area contributed by atoms with E-state index in [1.54, 1.807) is 24.3 Å². The molecule has 2 aromatic carbocycles. The van der Waals surface area contributed by atoms with Gasteiger partial charge in [-0.05, 0) is 36.8 Å². The molecule has 0 amide bonds. The first kappa shape index (κ1) is 14.8. The quantitative estimate of drug-likeness (QED) is 0.579. The highest BCUT2D eigenvalue weighted by molar-refractivity contribution is 5.99. The van der Waals surface area contributed by atoms with E-state index in [9.17, 15) is 9.59 Å². The first-order valence-corrected chi connectivity index (χ1v) is 6.61. The average Bonchev–Trinajstić information content (AvgIpc) is 2.54. The molecule has 108 valence electrons. The molecule has 0 aromatic heterocycles. The molecule has 0 bridgehead atoms. The molecule has 0 radical (unpaired) electrons. The van der Waals surface area contributed by atoms with Crippen molar-refractivity contribution in [2.45, 2.75) is 19.6 Å². The Kier molecular flexibility index (Phi) is 5.10. The third-order valence-corrected chi connectivity index (χ3v) is 3.02. The van der Waals surface area contributed by atoms with Gasteiger partial charge in [-0.2, -0.15) is 0 Å². The van der Waals surface area contributed by atoms with Crippen LogP contribution in [0.3, 0.4) is 0 Å². The van der Waals surface area contributed by atoms with Crippen molar-refractivity contribution in [3.05, 3.63) is 65.7 Å². The van der Waals surface area contributed by atoms with Crippen LogP contribution in [0.1, 0.15) is 22.8 Å². The lowest BCUT2D eigenvalue weighted by Gasteiger charge is -2.10. The van der Waals surface area contributed by atoms with E-state index in [1.807, 2.05) is 30.3 Å². The molecule has 2 aromatic rings. The molecule has 0 heterocycles. The summed E-state index contributed by atoms with van der Waals surface area (Å²) in [6, 6.07) is 16.6. The molecule has 1 atom stereocenters. The van der Waals surface area contributed by atoms with E-state index >= 15 is 0 Å². The van der Waals surface area contributed by atoms with Crippen LogP contribution in [-0.4, -0.2) is 18.4 Å². The molecule has 4 nitrogen and oxygen atoms in total. The molecule has 21 heavy (non-hydrogen) atoms. The second-order valence-corrected chi connectivity index (χ2v) is 4.54. The third-order valence-electron chi connectivity index (χ3n) is 3.02. The fourth-order valence-electron chi connectivity index (χ4n) is 1.84. The number of benzene rings is 2. The first-order chi connectivity index (χ1) is 10.2. The SMILES string of the molecule is CC(OC=O)C(=O)c1ccc(OCc2ccccc2)cc1. The predicted octanol–water partition coefficient (Wildman–Crippen LogP) is 3.01. The normalized spacial score (nSPS) is 11.5. The van der Waals surface area contributed by atoms with Crippen molar-refractivity contribution in [2.75, 3.05) is 0 Å². The van der Waals surface area contributed by atoms with Crippen LogP contribution in [-0.2, 0) is 16.1 Å². The summed E-state index contributed by atoms with van der Waals surface area (Å²) < 4.78 is 10.3. The minimum absolute atomic E-state index is 0.239. The van der Waals surface area contributed by atoms with Gasteiger partial charge >= 0.3 is 0 Å². The molecule has 1 unspecified atom stereocenters. The van der Waals surface area contributed by atoms with Crippen LogP contribution in [0.15, 0.2) is 54.6 Å². The van der Waals surface area contributed by atoms with Gasteiger partial charge in [0.15, 0.2) is 6.10 Å². The fourth-order valence-corrected chi connectivity index (χ4v) is 1.84. The van der Waals surface area contributed by atoms with Gasteiger partial charge in [0.2, 0.25) is 5.78 Å². The zero-order valence-corrected chi connectivity index (χ0v) is 11.7. The summed E-state index contributed by atoms with van der Waals surface area (Å²) in [4.78, 5) is 22.1. The topological polar surface area (TPSA) is 52.6 Å². The molecule has 0 aliphatic carbocycles. The number of rotatable bonds is 7.